The normalized spacial score (nSPS) is 15.0. The molecule has 0 saturated heterocycles. The summed E-state index contributed by atoms with van der Waals surface area (Å²) in [4.78, 5) is 22.9. The van der Waals surface area contributed by atoms with Crippen LogP contribution in [-0.4, -0.2) is 24.2 Å². The first-order valence-electron chi connectivity index (χ1n) is 7.81. The molecule has 1 heterocycles. The van der Waals surface area contributed by atoms with E-state index in [0.29, 0.717) is 29.8 Å². The van der Waals surface area contributed by atoms with Gasteiger partial charge in [-0.1, -0.05) is 18.6 Å². The highest BCUT2D eigenvalue weighted by molar-refractivity contribution is 6.00. The highest BCUT2D eigenvalue weighted by Gasteiger charge is 2.30. The molecule has 0 aromatic heterocycles. The third-order valence-corrected chi connectivity index (χ3v) is 4.42. The molecule has 1 unspecified atom stereocenters. The Labute approximate surface area is 141 Å². The molecule has 6 heteroatoms. The van der Waals surface area contributed by atoms with Crippen molar-refractivity contribution in [2.24, 2.45) is 5.92 Å². The highest BCUT2D eigenvalue weighted by Crippen LogP contribution is 2.39. The zero-order valence-electron chi connectivity index (χ0n) is 14.4. The molecule has 1 atom stereocenters. The number of allylic oxidation sites excluding steroid dienone is 2. The number of carboxylic acids is 1. The van der Waals surface area contributed by atoms with E-state index in [1.165, 1.54) is 0 Å². The lowest BCUT2D eigenvalue weighted by atomic mass is 9.93. The fourth-order valence-corrected chi connectivity index (χ4v) is 3.02. The summed E-state index contributed by atoms with van der Waals surface area (Å²) in [6.45, 7) is 5.65. The summed E-state index contributed by atoms with van der Waals surface area (Å²) in [5.41, 5.74) is 10.3. The Morgan fingerprint density at radius 1 is 1.50 bits per heavy atom. The van der Waals surface area contributed by atoms with Crippen molar-refractivity contribution in [1.29, 1.82) is 0 Å². The van der Waals surface area contributed by atoms with Gasteiger partial charge in [-0.25, -0.2) is 4.79 Å². The molecule has 0 fully saturated rings. The van der Waals surface area contributed by atoms with E-state index >= 15 is 0 Å². The van der Waals surface area contributed by atoms with E-state index < -0.39 is 17.9 Å². The van der Waals surface area contributed by atoms with Crippen molar-refractivity contribution in [2.75, 3.05) is 12.8 Å². The van der Waals surface area contributed by atoms with E-state index in [2.05, 4.69) is 0 Å². The molecule has 0 saturated carbocycles. The van der Waals surface area contributed by atoms with Gasteiger partial charge >= 0.3 is 11.9 Å². The zero-order valence-corrected chi connectivity index (χ0v) is 14.4. The molecule has 0 aliphatic carbocycles. The summed E-state index contributed by atoms with van der Waals surface area (Å²) in [6.07, 6.45) is 2.86. The summed E-state index contributed by atoms with van der Waals surface area (Å²) in [5.74, 6) is -1.03. The molecule has 0 amide bonds. The molecule has 130 valence electrons. The molecule has 0 spiro atoms. The van der Waals surface area contributed by atoms with Crippen molar-refractivity contribution in [2.45, 2.75) is 40.2 Å². The van der Waals surface area contributed by atoms with Crippen LogP contribution >= 0.6 is 0 Å². The largest absolute Gasteiger partial charge is 0.496 e. The predicted octanol–water partition coefficient (Wildman–Crippen LogP) is 2.86. The van der Waals surface area contributed by atoms with Gasteiger partial charge in [0.1, 0.15) is 12.4 Å². The minimum atomic E-state index is -0.823. The fraction of sp³-hybridized carbons (Fsp3) is 0.444. The Morgan fingerprint density at radius 3 is 2.75 bits per heavy atom. The third kappa shape index (κ3) is 3.22. The average Bonchev–Trinajstić information content (AvgIpc) is 2.91. The van der Waals surface area contributed by atoms with Crippen LogP contribution in [0.25, 0.3) is 0 Å². The number of benzene rings is 1. The summed E-state index contributed by atoms with van der Waals surface area (Å²) in [5, 5.41) is 9.00. The Kier molecular flexibility index (Phi) is 5.17. The van der Waals surface area contributed by atoms with Crippen molar-refractivity contribution in [1.82, 2.24) is 0 Å². The van der Waals surface area contributed by atoms with Crippen molar-refractivity contribution < 1.29 is 24.2 Å². The number of cyclic esters (lactones) is 1. The molecule has 0 bridgehead atoms. The van der Waals surface area contributed by atoms with Gasteiger partial charge in [0.15, 0.2) is 0 Å². The first kappa shape index (κ1) is 17.8. The van der Waals surface area contributed by atoms with Gasteiger partial charge in [-0.05, 0) is 32.3 Å². The van der Waals surface area contributed by atoms with Crippen LogP contribution in [0.15, 0.2) is 11.6 Å². The van der Waals surface area contributed by atoms with Gasteiger partial charge in [-0.2, -0.15) is 0 Å². The van der Waals surface area contributed by atoms with Gasteiger partial charge in [-0.3, -0.25) is 4.79 Å². The number of ether oxygens (including phenoxy) is 2. The third-order valence-electron chi connectivity index (χ3n) is 4.42. The molecule has 3 N–H and O–H groups in total. The second-order valence-electron chi connectivity index (χ2n) is 6.18. The summed E-state index contributed by atoms with van der Waals surface area (Å²) in [7, 11) is 1.57. The molecule has 1 aromatic carbocycles. The van der Waals surface area contributed by atoms with Crippen LogP contribution < -0.4 is 10.5 Å². The fourth-order valence-electron chi connectivity index (χ4n) is 3.02. The second-order valence-corrected chi connectivity index (χ2v) is 6.18. The monoisotopic (exact) mass is 333 g/mol. The lowest BCUT2D eigenvalue weighted by Crippen LogP contribution is -2.10. The summed E-state index contributed by atoms with van der Waals surface area (Å²) in [6, 6.07) is 0. The van der Waals surface area contributed by atoms with Crippen LogP contribution in [0, 0.1) is 12.8 Å². The Hall–Kier alpha value is -2.50. The lowest BCUT2D eigenvalue weighted by molar-refractivity contribution is -0.141. The number of carbonyl (C=O) groups is 2. The number of nitrogens with two attached hydrogens (primary N) is 1. The minimum Gasteiger partial charge on any atom is -0.496 e. The highest BCUT2D eigenvalue weighted by atomic mass is 16.5. The van der Waals surface area contributed by atoms with Crippen molar-refractivity contribution in [3.8, 4) is 5.75 Å². The molecule has 1 aromatic rings. The first-order valence-corrected chi connectivity index (χ1v) is 7.81. The van der Waals surface area contributed by atoms with Gasteiger partial charge < -0.3 is 20.3 Å². The zero-order chi connectivity index (χ0) is 18.0. The number of fused-ring (bicyclic) bond motifs is 1. The van der Waals surface area contributed by atoms with Gasteiger partial charge in [0.2, 0.25) is 0 Å². The van der Waals surface area contributed by atoms with Crippen molar-refractivity contribution >= 4 is 17.6 Å². The van der Waals surface area contributed by atoms with Crippen molar-refractivity contribution in [3.63, 3.8) is 0 Å². The van der Waals surface area contributed by atoms with Crippen LogP contribution in [0.1, 0.15) is 47.3 Å². The maximum Gasteiger partial charge on any atom is 0.341 e. The standard InChI is InChI=1S/C18H23NO5/c1-9(7-10(2)17(20)21)5-6-12-15(19)14-13(8-24-18(14)22)11(3)16(12)23-4/h5,10H,6-8,19H2,1-4H3,(H,20,21)/b9-5+. The van der Waals surface area contributed by atoms with Crippen LogP contribution in [0.5, 0.6) is 5.75 Å². The van der Waals surface area contributed by atoms with Gasteiger partial charge in [-0.15, -0.1) is 0 Å². The molecular weight excluding hydrogens is 310 g/mol. The summed E-state index contributed by atoms with van der Waals surface area (Å²) >= 11 is 0. The molecule has 1 aliphatic rings. The molecule has 2 rings (SSSR count). The number of nitrogen functional groups attached to an aromatic ring is 1. The molecule has 6 nitrogen and oxygen atoms in total. The van der Waals surface area contributed by atoms with E-state index in [0.717, 1.165) is 22.3 Å². The number of hydrogen-bond acceptors (Lipinski definition) is 5. The van der Waals surface area contributed by atoms with Crippen LogP contribution in [0.3, 0.4) is 0 Å². The van der Waals surface area contributed by atoms with Crippen molar-refractivity contribution in [3.05, 3.63) is 33.9 Å². The molecular formula is C18H23NO5. The number of carboxylic acid groups (broad SMARTS) is 1. The maximum absolute atomic E-state index is 11.9. The van der Waals surface area contributed by atoms with E-state index in [9.17, 15) is 9.59 Å². The number of hydrogen-bond donors (Lipinski definition) is 2. The van der Waals surface area contributed by atoms with E-state index in [4.69, 9.17) is 20.3 Å². The number of methoxy groups -OCH3 is 1. The van der Waals surface area contributed by atoms with E-state index in [1.54, 1.807) is 14.0 Å². The Bertz CT molecular complexity index is 721. The average molecular weight is 333 g/mol. The lowest BCUT2D eigenvalue weighted by Gasteiger charge is -2.16. The number of anilines is 1. The molecule has 0 radical (unpaired) electrons. The second kappa shape index (κ2) is 6.95. The topological polar surface area (TPSA) is 98.9 Å². The van der Waals surface area contributed by atoms with Gasteiger partial charge in [0.05, 0.1) is 24.3 Å². The Balaban J connectivity index is 2.37. The smallest absolute Gasteiger partial charge is 0.341 e. The Morgan fingerprint density at radius 2 is 2.17 bits per heavy atom. The van der Waals surface area contributed by atoms with Crippen LogP contribution in [0.4, 0.5) is 5.69 Å². The van der Waals surface area contributed by atoms with Crippen LogP contribution in [0.2, 0.25) is 0 Å². The predicted molar refractivity (Wildman–Crippen MR) is 90.1 cm³/mol. The van der Waals surface area contributed by atoms with E-state index in [-0.39, 0.29) is 6.61 Å². The number of rotatable bonds is 6. The van der Waals surface area contributed by atoms with Crippen LogP contribution in [-0.2, 0) is 22.6 Å². The SMILES string of the molecule is COc1c(C)c2c(c(N)c1C/C=C(\C)CC(C)C(=O)O)C(=O)OC2. The minimum absolute atomic E-state index is 0.214. The summed E-state index contributed by atoms with van der Waals surface area (Å²) < 4.78 is 10.6. The molecule has 24 heavy (non-hydrogen) atoms. The van der Waals surface area contributed by atoms with Gasteiger partial charge in [0, 0.05) is 11.1 Å². The molecule has 1 aliphatic heterocycles. The number of carbonyl (C=O) groups excluding carboxylic acids is 1. The maximum atomic E-state index is 11.9. The number of aliphatic carboxylic acids is 1. The first-order chi connectivity index (χ1) is 11.3. The van der Waals surface area contributed by atoms with E-state index in [1.807, 2.05) is 19.9 Å². The quantitative estimate of drug-likeness (QED) is 0.472. The van der Waals surface area contributed by atoms with Gasteiger partial charge in [0.25, 0.3) is 0 Å². The number of esters is 1.